The average Bonchev–Trinajstić information content (AvgIpc) is 2.63. The smallest absolute Gasteiger partial charge is 0.275 e. The molecule has 26 heavy (non-hydrogen) atoms. The number of aryl methyl sites for hydroxylation is 1. The van der Waals surface area contributed by atoms with E-state index < -0.39 is 22.0 Å². The lowest BCUT2D eigenvalue weighted by atomic mass is 10.1. The molecule has 1 atom stereocenters. The van der Waals surface area contributed by atoms with Crippen molar-refractivity contribution in [2.24, 2.45) is 0 Å². The lowest BCUT2D eigenvalue weighted by Gasteiger charge is -2.17. The van der Waals surface area contributed by atoms with Crippen LogP contribution in [0.25, 0.3) is 6.08 Å². The van der Waals surface area contributed by atoms with Crippen molar-refractivity contribution >= 4 is 22.0 Å². The summed E-state index contributed by atoms with van der Waals surface area (Å²) in [5.74, 6) is -0.0120. The largest absolute Gasteiger partial charge is 0.481 e. The lowest BCUT2D eigenvalue weighted by molar-refractivity contribution is -0.127. The molecule has 0 aliphatic rings. The van der Waals surface area contributed by atoms with Gasteiger partial charge in [-0.15, -0.1) is 4.83 Å². The third kappa shape index (κ3) is 5.72. The molecule has 2 N–H and O–H groups in total. The minimum Gasteiger partial charge on any atom is -0.481 e. The van der Waals surface area contributed by atoms with Crippen molar-refractivity contribution in [3.63, 3.8) is 0 Å². The van der Waals surface area contributed by atoms with Crippen LogP contribution < -0.4 is 15.0 Å². The molecule has 0 aliphatic carbocycles. The zero-order valence-corrected chi connectivity index (χ0v) is 15.7. The highest BCUT2D eigenvalue weighted by molar-refractivity contribution is 7.92. The Kier molecular flexibility index (Phi) is 6.54. The van der Waals surface area contributed by atoms with Gasteiger partial charge in [-0.1, -0.05) is 42.5 Å². The highest BCUT2D eigenvalue weighted by atomic mass is 32.2. The lowest BCUT2D eigenvalue weighted by Crippen LogP contribution is -2.46. The second kappa shape index (κ2) is 8.64. The zero-order chi connectivity index (χ0) is 19.2. The highest BCUT2D eigenvalue weighted by Crippen LogP contribution is 2.21. The standard InChI is InChI=1S/C19H22N2O4S/c1-14-8-7-11-18(15(14)2)25-16(3)19(22)20-21-26(23,24)13-12-17-9-5-4-6-10-17/h4-13,16,21H,1-3H3,(H,20,22)/b13-12+/t16-/m1/s1. The van der Waals surface area contributed by atoms with Crippen molar-refractivity contribution in [1.82, 2.24) is 10.3 Å². The topological polar surface area (TPSA) is 84.5 Å². The van der Waals surface area contributed by atoms with Crippen LogP contribution in [0, 0.1) is 13.8 Å². The Balaban J connectivity index is 1.92. The number of nitrogens with one attached hydrogen (secondary N) is 2. The molecule has 0 unspecified atom stereocenters. The molecule has 0 fully saturated rings. The number of rotatable bonds is 7. The van der Waals surface area contributed by atoms with E-state index in [2.05, 4.69) is 5.43 Å². The Bertz CT molecular complexity index is 893. The molecule has 0 radical (unpaired) electrons. The first-order valence-corrected chi connectivity index (χ1v) is 9.61. The number of hydrazine groups is 1. The van der Waals surface area contributed by atoms with Crippen molar-refractivity contribution in [1.29, 1.82) is 0 Å². The van der Waals surface area contributed by atoms with Crippen molar-refractivity contribution in [3.05, 3.63) is 70.6 Å². The van der Waals surface area contributed by atoms with Crippen LogP contribution in [0.3, 0.4) is 0 Å². The summed E-state index contributed by atoms with van der Waals surface area (Å²) in [6.07, 6.45) is 0.571. The molecule has 0 bridgehead atoms. The molecule has 0 spiro atoms. The van der Waals surface area contributed by atoms with E-state index in [0.717, 1.165) is 22.1 Å². The summed E-state index contributed by atoms with van der Waals surface area (Å²) in [5, 5.41) is 0.985. The molecule has 6 nitrogen and oxygen atoms in total. The minimum atomic E-state index is -3.81. The molecule has 0 aromatic heterocycles. The van der Waals surface area contributed by atoms with Crippen molar-refractivity contribution in [3.8, 4) is 5.75 Å². The number of hydrogen-bond acceptors (Lipinski definition) is 4. The highest BCUT2D eigenvalue weighted by Gasteiger charge is 2.17. The third-order valence-electron chi connectivity index (χ3n) is 3.78. The van der Waals surface area contributed by atoms with Gasteiger partial charge in [0.05, 0.1) is 0 Å². The van der Waals surface area contributed by atoms with Gasteiger partial charge in [-0.25, -0.2) is 8.42 Å². The normalized spacial score (nSPS) is 12.7. The fourth-order valence-corrected chi connectivity index (χ4v) is 2.73. The molecule has 2 rings (SSSR count). The fraction of sp³-hybridized carbons (Fsp3) is 0.211. The monoisotopic (exact) mass is 374 g/mol. The van der Waals surface area contributed by atoms with E-state index in [-0.39, 0.29) is 0 Å². The van der Waals surface area contributed by atoms with Crippen molar-refractivity contribution in [2.45, 2.75) is 26.9 Å². The molecular weight excluding hydrogens is 352 g/mol. The average molecular weight is 374 g/mol. The van der Waals surface area contributed by atoms with Gasteiger partial charge < -0.3 is 4.74 Å². The van der Waals surface area contributed by atoms with Gasteiger partial charge in [0.15, 0.2) is 6.10 Å². The van der Waals surface area contributed by atoms with Crippen LogP contribution in [-0.4, -0.2) is 20.4 Å². The Morgan fingerprint density at radius 2 is 1.77 bits per heavy atom. The van der Waals surface area contributed by atoms with E-state index in [1.54, 1.807) is 37.3 Å². The van der Waals surface area contributed by atoms with Gasteiger partial charge in [0.1, 0.15) is 5.75 Å². The Morgan fingerprint density at radius 1 is 1.08 bits per heavy atom. The van der Waals surface area contributed by atoms with Crippen molar-refractivity contribution < 1.29 is 17.9 Å². The molecular formula is C19H22N2O4S. The molecule has 7 heteroatoms. The number of hydrogen-bond donors (Lipinski definition) is 2. The fourth-order valence-electron chi connectivity index (χ4n) is 2.09. The van der Waals surface area contributed by atoms with Crippen LogP contribution in [0.2, 0.25) is 0 Å². The minimum absolute atomic E-state index is 0.583. The zero-order valence-electron chi connectivity index (χ0n) is 14.9. The number of benzene rings is 2. The van der Waals surface area contributed by atoms with Gasteiger partial charge >= 0.3 is 0 Å². The van der Waals surface area contributed by atoms with Crippen LogP contribution >= 0.6 is 0 Å². The van der Waals surface area contributed by atoms with Crippen LogP contribution in [0.5, 0.6) is 5.75 Å². The molecule has 2 aromatic carbocycles. The number of amides is 1. The predicted octanol–water partition coefficient (Wildman–Crippen LogP) is 2.69. The molecule has 0 aliphatic heterocycles. The van der Waals surface area contributed by atoms with E-state index in [1.807, 2.05) is 36.9 Å². The van der Waals surface area contributed by atoms with E-state index in [9.17, 15) is 13.2 Å². The van der Waals surface area contributed by atoms with Gasteiger partial charge in [-0.3, -0.25) is 10.2 Å². The summed E-state index contributed by atoms with van der Waals surface area (Å²) in [4.78, 5) is 14.1. The van der Waals surface area contributed by atoms with E-state index in [4.69, 9.17) is 4.74 Å². The molecule has 0 saturated heterocycles. The number of carbonyl (C=O) groups is 1. The Morgan fingerprint density at radius 3 is 2.46 bits per heavy atom. The third-order valence-corrected chi connectivity index (χ3v) is 4.66. The Hall–Kier alpha value is -2.64. The Labute approximate surface area is 153 Å². The summed E-state index contributed by atoms with van der Waals surface area (Å²) >= 11 is 0. The second-order valence-corrected chi connectivity index (χ2v) is 7.37. The number of ether oxygens (including phenoxy) is 1. The summed E-state index contributed by atoms with van der Waals surface area (Å²) in [6, 6.07) is 14.5. The maximum Gasteiger partial charge on any atom is 0.275 e. The molecule has 138 valence electrons. The SMILES string of the molecule is Cc1cccc(O[C@H](C)C(=O)NNS(=O)(=O)/C=C/c2ccccc2)c1C. The summed E-state index contributed by atoms with van der Waals surface area (Å²) in [7, 11) is -3.81. The van der Waals surface area contributed by atoms with Crippen LogP contribution in [0.4, 0.5) is 0 Å². The summed E-state index contributed by atoms with van der Waals surface area (Å²) < 4.78 is 29.5. The quantitative estimate of drug-likeness (QED) is 0.730. The summed E-state index contributed by atoms with van der Waals surface area (Å²) in [6.45, 7) is 5.39. The van der Waals surface area contributed by atoms with Gasteiger partial charge in [-0.2, -0.15) is 0 Å². The predicted molar refractivity (Wildman–Crippen MR) is 102 cm³/mol. The first-order valence-electron chi connectivity index (χ1n) is 8.06. The van der Waals surface area contributed by atoms with Gasteiger partial charge in [0.2, 0.25) is 0 Å². The van der Waals surface area contributed by atoms with Gasteiger partial charge in [0.25, 0.3) is 15.9 Å². The second-order valence-electron chi connectivity index (χ2n) is 5.81. The molecule has 2 aromatic rings. The van der Waals surface area contributed by atoms with Crippen LogP contribution in [0.1, 0.15) is 23.6 Å². The van der Waals surface area contributed by atoms with Gasteiger partial charge in [0, 0.05) is 5.41 Å². The van der Waals surface area contributed by atoms with Crippen LogP contribution in [0.15, 0.2) is 53.9 Å². The first kappa shape index (κ1) is 19.7. The molecule has 0 saturated carbocycles. The molecule has 0 heterocycles. The maximum atomic E-state index is 12.1. The van der Waals surface area contributed by atoms with E-state index >= 15 is 0 Å². The van der Waals surface area contributed by atoms with E-state index in [0.29, 0.717) is 5.75 Å². The first-order chi connectivity index (χ1) is 12.3. The summed E-state index contributed by atoms with van der Waals surface area (Å²) in [5.41, 5.74) is 4.86. The number of sulfonamides is 1. The maximum absolute atomic E-state index is 12.1. The van der Waals surface area contributed by atoms with Crippen LogP contribution in [-0.2, 0) is 14.8 Å². The van der Waals surface area contributed by atoms with E-state index in [1.165, 1.54) is 6.08 Å². The number of carbonyl (C=O) groups excluding carboxylic acids is 1. The van der Waals surface area contributed by atoms with Crippen molar-refractivity contribution in [2.75, 3.05) is 0 Å². The molecule has 1 amide bonds. The van der Waals surface area contributed by atoms with Gasteiger partial charge in [-0.05, 0) is 49.6 Å².